The fraction of sp³-hybridized carbons (Fsp3) is 0.600. The van der Waals surface area contributed by atoms with Crippen LogP contribution in [0.1, 0.15) is 35.8 Å². The zero-order chi connectivity index (χ0) is 14.5. The number of aromatic nitrogens is 1. The summed E-state index contributed by atoms with van der Waals surface area (Å²) in [5, 5.41) is 3.40. The Morgan fingerprint density at radius 1 is 1.55 bits per heavy atom. The van der Waals surface area contributed by atoms with Gasteiger partial charge in [0, 0.05) is 24.3 Å². The zero-order valence-electron chi connectivity index (χ0n) is 12.2. The summed E-state index contributed by atoms with van der Waals surface area (Å²) < 4.78 is 0. The number of halogens is 1. The molecule has 0 radical (unpaired) electrons. The predicted octanol–water partition coefficient (Wildman–Crippen LogP) is 2.37. The molecule has 1 unspecified atom stereocenters. The number of aryl methyl sites for hydroxylation is 1. The van der Waals surface area contributed by atoms with E-state index in [0.29, 0.717) is 16.6 Å². The summed E-state index contributed by atoms with van der Waals surface area (Å²) in [6.45, 7) is 4.98. The van der Waals surface area contributed by atoms with E-state index in [9.17, 15) is 4.79 Å². The van der Waals surface area contributed by atoms with Crippen LogP contribution < -0.4 is 5.32 Å². The Bertz CT molecular complexity index is 478. The predicted molar refractivity (Wildman–Crippen MR) is 81.2 cm³/mol. The lowest BCUT2D eigenvalue weighted by Crippen LogP contribution is -2.30. The third kappa shape index (κ3) is 4.18. The number of hydrogen-bond acceptors (Lipinski definition) is 3. The number of carbonyl (C=O) groups is 1. The van der Waals surface area contributed by atoms with Crippen molar-refractivity contribution in [2.24, 2.45) is 5.92 Å². The quantitative estimate of drug-likeness (QED) is 0.848. The van der Waals surface area contributed by atoms with Crippen LogP contribution in [0.25, 0.3) is 0 Å². The maximum absolute atomic E-state index is 12.2. The first-order valence-electron chi connectivity index (χ1n) is 7.21. The molecule has 0 spiro atoms. The van der Waals surface area contributed by atoms with Crippen LogP contribution >= 0.6 is 11.6 Å². The summed E-state index contributed by atoms with van der Waals surface area (Å²) in [4.78, 5) is 18.7. The van der Waals surface area contributed by atoms with Gasteiger partial charge in [0.1, 0.15) is 5.15 Å². The van der Waals surface area contributed by atoms with Crippen LogP contribution in [-0.2, 0) is 6.42 Å². The minimum Gasteiger partial charge on any atom is -0.352 e. The molecule has 1 aromatic heterocycles. The Morgan fingerprint density at radius 3 is 3.00 bits per heavy atom. The first-order valence-corrected chi connectivity index (χ1v) is 7.59. The van der Waals surface area contributed by atoms with Gasteiger partial charge in [-0.2, -0.15) is 0 Å². The minimum absolute atomic E-state index is 0.0544. The van der Waals surface area contributed by atoms with Gasteiger partial charge in [-0.25, -0.2) is 4.98 Å². The van der Waals surface area contributed by atoms with Gasteiger partial charge < -0.3 is 10.2 Å². The van der Waals surface area contributed by atoms with Crippen LogP contribution in [0.5, 0.6) is 0 Å². The van der Waals surface area contributed by atoms with Gasteiger partial charge in [0.25, 0.3) is 5.91 Å². The molecule has 1 aliphatic rings. The lowest BCUT2D eigenvalue weighted by molar-refractivity contribution is 0.0947. The normalized spacial score (nSPS) is 19.2. The third-order valence-corrected chi connectivity index (χ3v) is 3.85. The highest BCUT2D eigenvalue weighted by atomic mass is 35.5. The van der Waals surface area contributed by atoms with E-state index in [2.05, 4.69) is 29.2 Å². The first kappa shape index (κ1) is 15.3. The second kappa shape index (κ2) is 7.04. The SMILES string of the molecule is CCCc1cc(C(=O)NCC2CCN(C)C2)cc(Cl)n1. The molecule has 1 amide bonds. The molecule has 0 saturated carbocycles. The van der Waals surface area contributed by atoms with Crippen molar-refractivity contribution < 1.29 is 4.79 Å². The number of nitrogens with zero attached hydrogens (tertiary/aromatic N) is 2. The van der Waals surface area contributed by atoms with Crippen molar-refractivity contribution in [3.05, 3.63) is 28.5 Å². The van der Waals surface area contributed by atoms with Crippen molar-refractivity contribution in [1.29, 1.82) is 0 Å². The van der Waals surface area contributed by atoms with Crippen LogP contribution in [0.3, 0.4) is 0 Å². The molecular weight excluding hydrogens is 274 g/mol. The largest absolute Gasteiger partial charge is 0.352 e. The summed E-state index contributed by atoms with van der Waals surface area (Å²) in [5.74, 6) is 0.498. The van der Waals surface area contributed by atoms with E-state index in [4.69, 9.17) is 11.6 Å². The van der Waals surface area contributed by atoms with Gasteiger partial charge in [0.2, 0.25) is 0 Å². The third-order valence-electron chi connectivity index (χ3n) is 3.66. The van der Waals surface area contributed by atoms with Crippen LogP contribution in [-0.4, -0.2) is 42.5 Å². The summed E-state index contributed by atoms with van der Waals surface area (Å²) in [5.41, 5.74) is 1.49. The molecular formula is C15H22ClN3O. The summed E-state index contributed by atoms with van der Waals surface area (Å²) >= 11 is 5.98. The van der Waals surface area contributed by atoms with Gasteiger partial charge in [-0.3, -0.25) is 4.79 Å². The fourth-order valence-electron chi connectivity index (χ4n) is 2.60. The van der Waals surface area contributed by atoms with Crippen molar-refractivity contribution in [3.63, 3.8) is 0 Å². The number of likely N-dealkylation sites (tertiary alicyclic amines) is 1. The first-order chi connectivity index (χ1) is 9.58. The average Bonchev–Trinajstić information content (AvgIpc) is 2.81. The number of carbonyl (C=O) groups excluding carboxylic acids is 1. The second-order valence-corrected chi connectivity index (χ2v) is 5.93. The molecule has 110 valence electrons. The lowest BCUT2D eigenvalue weighted by Gasteiger charge is -2.12. The van der Waals surface area contributed by atoms with Crippen LogP contribution in [0.2, 0.25) is 5.15 Å². The maximum atomic E-state index is 12.2. The average molecular weight is 296 g/mol. The van der Waals surface area contributed by atoms with Gasteiger partial charge in [-0.05, 0) is 44.5 Å². The number of pyridine rings is 1. The molecule has 20 heavy (non-hydrogen) atoms. The Hall–Kier alpha value is -1.13. The van der Waals surface area contributed by atoms with Crippen molar-refractivity contribution in [3.8, 4) is 0 Å². The highest BCUT2D eigenvalue weighted by Crippen LogP contribution is 2.15. The second-order valence-electron chi connectivity index (χ2n) is 5.55. The highest BCUT2D eigenvalue weighted by Gasteiger charge is 2.20. The summed E-state index contributed by atoms with van der Waals surface area (Å²) in [6.07, 6.45) is 2.98. The Morgan fingerprint density at radius 2 is 2.35 bits per heavy atom. The van der Waals surface area contributed by atoms with E-state index < -0.39 is 0 Å². The minimum atomic E-state index is -0.0544. The highest BCUT2D eigenvalue weighted by molar-refractivity contribution is 6.29. The monoisotopic (exact) mass is 295 g/mol. The summed E-state index contributed by atoms with van der Waals surface area (Å²) in [7, 11) is 2.11. The van der Waals surface area contributed by atoms with E-state index in [-0.39, 0.29) is 5.91 Å². The molecule has 1 saturated heterocycles. The van der Waals surface area contributed by atoms with Crippen molar-refractivity contribution in [2.75, 3.05) is 26.7 Å². The Balaban J connectivity index is 1.94. The topological polar surface area (TPSA) is 45.2 Å². The Kier molecular flexibility index (Phi) is 5.38. The fourth-order valence-corrected chi connectivity index (χ4v) is 2.82. The van der Waals surface area contributed by atoms with Gasteiger partial charge in [-0.1, -0.05) is 24.9 Å². The van der Waals surface area contributed by atoms with Crippen molar-refractivity contribution in [2.45, 2.75) is 26.2 Å². The molecule has 0 aromatic carbocycles. The van der Waals surface area contributed by atoms with Crippen molar-refractivity contribution >= 4 is 17.5 Å². The Labute approximate surface area is 125 Å². The van der Waals surface area contributed by atoms with Crippen LogP contribution in [0, 0.1) is 5.92 Å². The molecule has 0 aliphatic carbocycles. The summed E-state index contributed by atoms with van der Waals surface area (Å²) in [6, 6.07) is 3.47. The van der Waals surface area contributed by atoms with Crippen molar-refractivity contribution in [1.82, 2.24) is 15.2 Å². The molecule has 0 bridgehead atoms. The molecule has 2 rings (SSSR count). The molecule has 1 aromatic rings. The molecule has 1 fully saturated rings. The van der Waals surface area contributed by atoms with Gasteiger partial charge in [0.15, 0.2) is 0 Å². The molecule has 1 N–H and O–H groups in total. The molecule has 2 heterocycles. The number of amides is 1. The smallest absolute Gasteiger partial charge is 0.251 e. The molecule has 5 heteroatoms. The molecule has 1 aliphatic heterocycles. The number of rotatable bonds is 5. The standard InChI is InChI=1S/C15H22ClN3O/c1-3-4-13-7-12(8-14(16)18-13)15(20)17-9-11-5-6-19(2)10-11/h7-8,11H,3-6,9-10H2,1-2H3,(H,17,20). The van der Waals surface area contributed by atoms with E-state index in [1.54, 1.807) is 6.07 Å². The molecule has 1 atom stereocenters. The van der Waals surface area contributed by atoms with E-state index in [1.165, 1.54) is 0 Å². The van der Waals surface area contributed by atoms with Gasteiger partial charge >= 0.3 is 0 Å². The lowest BCUT2D eigenvalue weighted by atomic mass is 10.1. The van der Waals surface area contributed by atoms with E-state index >= 15 is 0 Å². The molecule has 4 nitrogen and oxygen atoms in total. The van der Waals surface area contributed by atoms with Crippen LogP contribution in [0.4, 0.5) is 0 Å². The van der Waals surface area contributed by atoms with Gasteiger partial charge in [-0.15, -0.1) is 0 Å². The number of nitrogens with one attached hydrogen (secondary N) is 1. The van der Waals surface area contributed by atoms with Gasteiger partial charge in [0.05, 0.1) is 0 Å². The van der Waals surface area contributed by atoms with Crippen LogP contribution in [0.15, 0.2) is 12.1 Å². The van der Waals surface area contributed by atoms with E-state index in [1.807, 2.05) is 6.07 Å². The maximum Gasteiger partial charge on any atom is 0.251 e. The van der Waals surface area contributed by atoms with E-state index in [0.717, 1.165) is 44.6 Å². The number of hydrogen-bond donors (Lipinski definition) is 1. The zero-order valence-corrected chi connectivity index (χ0v) is 12.9.